The molecule has 0 aliphatic carbocycles. The second-order valence-corrected chi connectivity index (χ2v) is 6.89. The molecule has 2 aliphatic rings. The van der Waals surface area contributed by atoms with E-state index in [9.17, 15) is 4.79 Å². The van der Waals surface area contributed by atoms with Crippen LogP contribution in [0.3, 0.4) is 0 Å². The van der Waals surface area contributed by atoms with Gasteiger partial charge in [0.15, 0.2) is 0 Å². The fraction of sp³-hybridized carbons (Fsp3) is 0.933. The molecule has 2 aliphatic heterocycles. The smallest absolute Gasteiger partial charge is 0.243 e. The highest BCUT2D eigenvalue weighted by Crippen LogP contribution is 2.29. The van der Waals surface area contributed by atoms with Crippen LogP contribution < -0.4 is 5.32 Å². The van der Waals surface area contributed by atoms with Crippen LogP contribution in [-0.2, 0) is 4.79 Å². The molecule has 19 heavy (non-hydrogen) atoms. The summed E-state index contributed by atoms with van der Waals surface area (Å²) in [6.45, 7) is 11.7. The Morgan fingerprint density at radius 3 is 2.63 bits per heavy atom. The van der Waals surface area contributed by atoms with Crippen LogP contribution in [0, 0.1) is 11.8 Å². The van der Waals surface area contributed by atoms with E-state index in [0.717, 1.165) is 26.1 Å². The molecule has 0 aromatic heterocycles. The van der Waals surface area contributed by atoms with Gasteiger partial charge in [-0.1, -0.05) is 20.8 Å². The molecule has 1 N–H and O–H groups in total. The van der Waals surface area contributed by atoms with Gasteiger partial charge in [-0.05, 0) is 45.2 Å². The van der Waals surface area contributed by atoms with Crippen molar-refractivity contribution in [3.8, 4) is 0 Å². The third-order valence-corrected chi connectivity index (χ3v) is 4.82. The number of carbonyl (C=O) groups is 1. The molecule has 2 heterocycles. The predicted octanol–water partition coefficient (Wildman–Crippen LogP) is 1.52. The third-order valence-electron chi connectivity index (χ3n) is 4.82. The number of nitrogens with zero attached hydrogens (tertiary/aromatic N) is 2. The van der Waals surface area contributed by atoms with E-state index >= 15 is 0 Å². The normalized spacial score (nSPS) is 36.7. The Balaban J connectivity index is 2.09. The highest BCUT2D eigenvalue weighted by atomic mass is 16.2. The van der Waals surface area contributed by atoms with E-state index < -0.39 is 0 Å². The van der Waals surface area contributed by atoms with E-state index in [4.69, 9.17) is 0 Å². The van der Waals surface area contributed by atoms with Crippen LogP contribution in [0.15, 0.2) is 0 Å². The maximum absolute atomic E-state index is 12.7. The second-order valence-electron chi connectivity index (χ2n) is 6.89. The quantitative estimate of drug-likeness (QED) is 0.839. The number of amides is 1. The SMILES string of the molecule is CCC1(C)NC(C(C)C)N(CC2CCN(C)C2)C1=O. The zero-order valence-corrected chi connectivity index (χ0v) is 13.1. The first-order valence-electron chi connectivity index (χ1n) is 7.64. The third kappa shape index (κ3) is 2.79. The first kappa shape index (κ1) is 14.8. The lowest BCUT2D eigenvalue weighted by molar-refractivity contribution is -0.133. The molecule has 1 amide bonds. The first-order chi connectivity index (χ1) is 8.87. The number of hydrogen-bond acceptors (Lipinski definition) is 3. The van der Waals surface area contributed by atoms with Gasteiger partial charge in [-0.2, -0.15) is 0 Å². The summed E-state index contributed by atoms with van der Waals surface area (Å²) in [5.41, 5.74) is -0.362. The molecule has 3 atom stereocenters. The van der Waals surface area contributed by atoms with Crippen LogP contribution in [0.5, 0.6) is 0 Å². The highest BCUT2D eigenvalue weighted by molar-refractivity contribution is 5.88. The van der Waals surface area contributed by atoms with Gasteiger partial charge in [-0.3, -0.25) is 10.1 Å². The molecular weight excluding hydrogens is 238 g/mol. The number of likely N-dealkylation sites (tertiary alicyclic amines) is 1. The molecule has 110 valence electrons. The molecule has 0 radical (unpaired) electrons. The van der Waals surface area contributed by atoms with Crippen LogP contribution in [0.4, 0.5) is 0 Å². The predicted molar refractivity (Wildman–Crippen MR) is 77.8 cm³/mol. The van der Waals surface area contributed by atoms with Crippen molar-refractivity contribution in [2.45, 2.75) is 52.2 Å². The summed E-state index contributed by atoms with van der Waals surface area (Å²) in [5.74, 6) is 1.39. The number of hydrogen-bond donors (Lipinski definition) is 1. The van der Waals surface area contributed by atoms with Crippen molar-refractivity contribution in [1.29, 1.82) is 0 Å². The van der Waals surface area contributed by atoms with E-state index in [1.165, 1.54) is 6.42 Å². The molecule has 4 heteroatoms. The van der Waals surface area contributed by atoms with Gasteiger partial charge in [0, 0.05) is 13.1 Å². The van der Waals surface area contributed by atoms with E-state index in [1.54, 1.807) is 0 Å². The van der Waals surface area contributed by atoms with E-state index in [0.29, 0.717) is 17.7 Å². The summed E-state index contributed by atoms with van der Waals surface area (Å²) in [7, 11) is 2.17. The van der Waals surface area contributed by atoms with Crippen molar-refractivity contribution in [1.82, 2.24) is 15.1 Å². The average Bonchev–Trinajstić information content (AvgIpc) is 2.87. The van der Waals surface area contributed by atoms with Gasteiger partial charge in [0.2, 0.25) is 5.91 Å². The van der Waals surface area contributed by atoms with Crippen LogP contribution in [0.1, 0.15) is 40.5 Å². The lowest BCUT2D eigenvalue weighted by atomic mass is 9.99. The van der Waals surface area contributed by atoms with Gasteiger partial charge in [-0.15, -0.1) is 0 Å². The molecule has 2 rings (SSSR count). The summed E-state index contributed by atoms with van der Waals surface area (Å²) in [4.78, 5) is 17.2. The summed E-state index contributed by atoms with van der Waals surface area (Å²) in [6, 6.07) is 0. The average molecular weight is 267 g/mol. The molecule has 2 saturated heterocycles. The van der Waals surface area contributed by atoms with E-state index in [1.807, 2.05) is 6.92 Å². The molecule has 2 fully saturated rings. The van der Waals surface area contributed by atoms with Crippen molar-refractivity contribution >= 4 is 5.91 Å². The Labute approximate surface area is 117 Å². The van der Waals surface area contributed by atoms with Gasteiger partial charge in [-0.25, -0.2) is 0 Å². The van der Waals surface area contributed by atoms with Gasteiger partial charge in [0.05, 0.1) is 11.7 Å². The summed E-state index contributed by atoms with van der Waals surface area (Å²) >= 11 is 0. The number of nitrogens with one attached hydrogen (secondary N) is 1. The minimum atomic E-state index is -0.362. The van der Waals surface area contributed by atoms with Gasteiger partial charge in [0.25, 0.3) is 0 Å². The fourth-order valence-electron chi connectivity index (χ4n) is 3.34. The van der Waals surface area contributed by atoms with E-state index in [-0.39, 0.29) is 11.7 Å². The van der Waals surface area contributed by atoms with Crippen molar-refractivity contribution in [2.24, 2.45) is 11.8 Å². The summed E-state index contributed by atoms with van der Waals surface area (Å²) in [5, 5.41) is 3.56. The van der Waals surface area contributed by atoms with Crippen molar-refractivity contribution in [2.75, 3.05) is 26.7 Å². The molecular formula is C15H29N3O. The van der Waals surface area contributed by atoms with Crippen molar-refractivity contribution in [3.05, 3.63) is 0 Å². The van der Waals surface area contributed by atoms with Crippen LogP contribution >= 0.6 is 0 Å². The highest BCUT2D eigenvalue weighted by Gasteiger charge is 2.48. The van der Waals surface area contributed by atoms with Crippen LogP contribution in [-0.4, -0.2) is 54.1 Å². The molecule has 3 unspecified atom stereocenters. The van der Waals surface area contributed by atoms with Gasteiger partial charge < -0.3 is 9.80 Å². The standard InChI is InChI=1S/C15H29N3O/c1-6-15(4)14(19)18(13(16-15)11(2)3)10-12-7-8-17(5)9-12/h11-13,16H,6-10H2,1-5H3. The lowest BCUT2D eigenvalue weighted by Gasteiger charge is -2.29. The zero-order valence-electron chi connectivity index (χ0n) is 13.1. The maximum Gasteiger partial charge on any atom is 0.243 e. The lowest BCUT2D eigenvalue weighted by Crippen LogP contribution is -2.45. The van der Waals surface area contributed by atoms with Crippen molar-refractivity contribution < 1.29 is 4.79 Å². The van der Waals surface area contributed by atoms with Crippen LogP contribution in [0.25, 0.3) is 0 Å². The molecule has 0 saturated carbocycles. The Bertz CT molecular complexity index is 344. The first-order valence-corrected chi connectivity index (χ1v) is 7.64. The van der Waals surface area contributed by atoms with Crippen LogP contribution in [0.2, 0.25) is 0 Å². The Kier molecular flexibility index (Phi) is 4.21. The maximum atomic E-state index is 12.7. The Morgan fingerprint density at radius 1 is 1.47 bits per heavy atom. The Hall–Kier alpha value is -0.610. The molecule has 4 nitrogen and oxygen atoms in total. The summed E-state index contributed by atoms with van der Waals surface area (Å²) < 4.78 is 0. The number of carbonyl (C=O) groups excluding carboxylic acids is 1. The largest absolute Gasteiger partial charge is 0.325 e. The molecule has 0 aromatic carbocycles. The number of rotatable bonds is 4. The monoisotopic (exact) mass is 267 g/mol. The van der Waals surface area contributed by atoms with Gasteiger partial charge >= 0.3 is 0 Å². The minimum Gasteiger partial charge on any atom is -0.325 e. The van der Waals surface area contributed by atoms with Gasteiger partial charge in [0.1, 0.15) is 0 Å². The molecule has 0 spiro atoms. The van der Waals surface area contributed by atoms with E-state index in [2.05, 4.69) is 42.9 Å². The summed E-state index contributed by atoms with van der Waals surface area (Å²) in [6.07, 6.45) is 2.27. The Morgan fingerprint density at radius 2 is 2.16 bits per heavy atom. The topological polar surface area (TPSA) is 35.6 Å². The van der Waals surface area contributed by atoms with Crippen molar-refractivity contribution in [3.63, 3.8) is 0 Å². The molecule has 0 aromatic rings. The fourth-order valence-corrected chi connectivity index (χ4v) is 3.34. The zero-order chi connectivity index (χ0) is 14.2. The molecule has 0 bridgehead atoms. The second kappa shape index (κ2) is 5.41. The minimum absolute atomic E-state index is 0.198.